The molecule has 72 valence electrons. The van der Waals surface area contributed by atoms with Gasteiger partial charge < -0.3 is 0 Å². The van der Waals surface area contributed by atoms with Crippen LogP contribution < -0.4 is 0 Å². The lowest BCUT2D eigenvalue weighted by molar-refractivity contribution is -0.120. The molecule has 1 rings (SSSR count). The van der Waals surface area contributed by atoms with Gasteiger partial charge in [-0.3, -0.25) is 4.79 Å². The number of carbonyl (C=O) groups is 1. The van der Waals surface area contributed by atoms with Crippen LogP contribution in [0.25, 0.3) is 0 Å². The highest BCUT2D eigenvalue weighted by Crippen LogP contribution is 2.31. The summed E-state index contributed by atoms with van der Waals surface area (Å²) in [6, 6.07) is 0. The molecular formula is C11H15IO. The summed E-state index contributed by atoms with van der Waals surface area (Å²) in [7, 11) is 0. The van der Waals surface area contributed by atoms with E-state index >= 15 is 0 Å². The van der Waals surface area contributed by atoms with Gasteiger partial charge in [0.05, 0.1) is 3.92 Å². The van der Waals surface area contributed by atoms with E-state index in [9.17, 15) is 4.79 Å². The molecule has 1 saturated carbocycles. The minimum atomic E-state index is 0.254. The number of hydrogen-bond donors (Lipinski definition) is 0. The van der Waals surface area contributed by atoms with Crippen LogP contribution in [0.2, 0.25) is 0 Å². The van der Waals surface area contributed by atoms with Crippen molar-refractivity contribution in [2.24, 2.45) is 5.92 Å². The standard InChI is InChI=1S/C11H15IO/c1-2-3-4-6-9-7-5-8-10(13)11(9)12/h3,9,11H,1,4-8H2. The number of alkyl halides is 1. The minimum Gasteiger partial charge on any atom is -0.299 e. The van der Waals surface area contributed by atoms with Crippen LogP contribution in [0, 0.1) is 5.92 Å². The third kappa shape index (κ3) is 3.28. The third-order valence-electron chi connectivity index (χ3n) is 2.55. The summed E-state index contributed by atoms with van der Waals surface area (Å²) in [5.41, 5.74) is 2.77. The summed E-state index contributed by atoms with van der Waals surface area (Å²) in [6.07, 6.45) is 7.18. The Hall–Kier alpha value is -0.0800. The highest BCUT2D eigenvalue weighted by molar-refractivity contribution is 14.1. The molecule has 13 heavy (non-hydrogen) atoms. The normalized spacial score (nSPS) is 28.2. The van der Waals surface area contributed by atoms with Gasteiger partial charge in [0.25, 0.3) is 0 Å². The topological polar surface area (TPSA) is 17.1 Å². The Kier molecular flexibility index (Phi) is 4.74. The van der Waals surface area contributed by atoms with E-state index in [1.54, 1.807) is 0 Å². The Labute approximate surface area is 93.4 Å². The summed E-state index contributed by atoms with van der Waals surface area (Å²) in [6.45, 7) is 3.53. The lowest BCUT2D eigenvalue weighted by Gasteiger charge is -2.25. The molecule has 0 bridgehead atoms. The SMILES string of the molecule is C=C=CCCC1CCCC(=O)C1I. The Balaban J connectivity index is 2.39. The van der Waals surface area contributed by atoms with Crippen molar-refractivity contribution in [2.75, 3.05) is 0 Å². The van der Waals surface area contributed by atoms with Gasteiger partial charge in [-0.15, -0.1) is 5.73 Å². The van der Waals surface area contributed by atoms with Crippen molar-refractivity contribution < 1.29 is 4.79 Å². The highest BCUT2D eigenvalue weighted by Gasteiger charge is 2.28. The second-order valence-corrected chi connectivity index (χ2v) is 4.85. The Morgan fingerprint density at radius 2 is 2.46 bits per heavy atom. The molecule has 0 aliphatic heterocycles. The maximum absolute atomic E-state index is 11.4. The highest BCUT2D eigenvalue weighted by atomic mass is 127. The molecule has 0 heterocycles. The van der Waals surface area contributed by atoms with Gasteiger partial charge in [-0.25, -0.2) is 0 Å². The van der Waals surface area contributed by atoms with Crippen molar-refractivity contribution in [3.8, 4) is 0 Å². The average Bonchev–Trinajstić information content (AvgIpc) is 2.13. The van der Waals surface area contributed by atoms with Crippen LogP contribution in [0.15, 0.2) is 18.4 Å². The van der Waals surface area contributed by atoms with Crippen LogP contribution >= 0.6 is 22.6 Å². The molecule has 1 aliphatic rings. The largest absolute Gasteiger partial charge is 0.299 e. The molecule has 1 fully saturated rings. The fraction of sp³-hybridized carbons (Fsp3) is 0.636. The summed E-state index contributed by atoms with van der Waals surface area (Å²) in [5, 5.41) is 0. The number of Topliss-reactive ketones (excluding diaryl/α,β-unsaturated/α-hetero) is 1. The van der Waals surface area contributed by atoms with Crippen molar-refractivity contribution in [3.05, 3.63) is 18.4 Å². The quantitative estimate of drug-likeness (QED) is 0.443. The average molecular weight is 290 g/mol. The van der Waals surface area contributed by atoms with Crippen LogP contribution in [0.1, 0.15) is 32.1 Å². The summed E-state index contributed by atoms with van der Waals surface area (Å²) in [5.74, 6) is 1.03. The molecular weight excluding hydrogens is 275 g/mol. The molecule has 0 spiro atoms. The molecule has 0 saturated heterocycles. The second kappa shape index (κ2) is 5.61. The summed E-state index contributed by atoms with van der Waals surface area (Å²) in [4.78, 5) is 11.4. The van der Waals surface area contributed by atoms with E-state index < -0.39 is 0 Å². The van der Waals surface area contributed by atoms with Gasteiger partial charge in [0.2, 0.25) is 0 Å². The molecule has 0 radical (unpaired) electrons. The Bertz CT molecular complexity index is 228. The van der Waals surface area contributed by atoms with E-state index in [0.29, 0.717) is 11.7 Å². The zero-order chi connectivity index (χ0) is 9.68. The molecule has 0 N–H and O–H groups in total. The minimum absolute atomic E-state index is 0.254. The van der Waals surface area contributed by atoms with Gasteiger partial charge in [-0.1, -0.05) is 29.2 Å². The van der Waals surface area contributed by atoms with Gasteiger partial charge in [0.15, 0.2) is 0 Å². The van der Waals surface area contributed by atoms with Gasteiger partial charge in [-0.2, -0.15) is 0 Å². The second-order valence-electron chi connectivity index (χ2n) is 3.51. The monoisotopic (exact) mass is 290 g/mol. The number of carbonyl (C=O) groups excluding carboxylic acids is 1. The van der Waals surface area contributed by atoms with E-state index in [2.05, 4.69) is 34.9 Å². The van der Waals surface area contributed by atoms with Gasteiger partial charge in [0.1, 0.15) is 5.78 Å². The van der Waals surface area contributed by atoms with Crippen molar-refractivity contribution in [2.45, 2.75) is 36.0 Å². The molecule has 2 heteroatoms. The van der Waals surface area contributed by atoms with Crippen LogP contribution in [0.5, 0.6) is 0 Å². The Morgan fingerprint density at radius 1 is 1.69 bits per heavy atom. The van der Waals surface area contributed by atoms with Crippen LogP contribution in [-0.2, 0) is 4.79 Å². The lowest BCUT2D eigenvalue weighted by atomic mass is 9.85. The molecule has 0 amide bonds. The number of allylic oxidation sites excluding steroid dienone is 1. The molecule has 2 unspecified atom stereocenters. The summed E-state index contributed by atoms with van der Waals surface area (Å²) < 4.78 is 0.254. The van der Waals surface area contributed by atoms with E-state index in [-0.39, 0.29) is 3.92 Å². The number of rotatable bonds is 3. The number of ketones is 1. The zero-order valence-electron chi connectivity index (χ0n) is 7.76. The van der Waals surface area contributed by atoms with Gasteiger partial charge in [0, 0.05) is 6.42 Å². The van der Waals surface area contributed by atoms with Crippen molar-refractivity contribution in [1.29, 1.82) is 0 Å². The van der Waals surface area contributed by atoms with Crippen LogP contribution in [0.3, 0.4) is 0 Å². The predicted molar refractivity (Wildman–Crippen MR) is 63.1 cm³/mol. The molecule has 0 aromatic carbocycles. The first-order valence-electron chi connectivity index (χ1n) is 4.76. The van der Waals surface area contributed by atoms with Crippen LogP contribution in [0.4, 0.5) is 0 Å². The molecule has 2 atom stereocenters. The van der Waals surface area contributed by atoms with E-state index in [1.807, 2.05) is 6.08 Å². The molecule has 1 aliphatic carbocycles. The number of hydrogen-bond acceptors (Lipinski definition) is 1. The van der Waals surface area contributed by atoms with Crippen molar-refractivity contribution in [1.82, 2.24) is 0 Å². The third-order valence-corrected chi connectivity index (χ3v) is 4.26. The first kappa shape index (κ1) is 11.0. The van der Waals surface area contributed by atoms with Gasteiger partial charge >= 0.3 is 0 Å². The maximum atomic E-state index is 11.4. The van der Waals surface area contributed by atoms with E-state index in [1.165, 1.54) is 6.42 Å². The first-order valence-corrected chi connectivity index (χ1v) is 6.01. The van der Waals surface area contributed by atoms with Crippen LogP contribution in [-0.4, -0.2) is 9.71 Å². The van der Waals surface area contributed by atoms with Crippen molar-refractivity contribution in [3.63, 3.8) is 0 Å². The first-order chi connectivity index (χ1) is 6.25. The molecule has 0 aromatic rings. The van der Waals surface area contributed by atoms with Gasteiger partial charge in [-0.05, 0) is 37.7 Å². The molecule has 1 nitrogen and oxygen atoms in total. The fourth-order valence-corrected chi connectivity index (χ4v) is 2.81. The summed E-state index contributed by atoms with van der Waals surface area (Å²) >= 11 is 2.30. The Morgan fingerprint density at radius 3 is 3.15 bits per heavy atom. The lowest BCUT2D eigenvalue weighted by Crippen LogP contribution is -2.28. The predicted octanol–water partition coefficient (Wildman–Crippen LogP) is 3.28. The fourth-order valence-electron chi connectivity index (χ4n) is 1.78. The molecule has 0 aromatic heterocycles. The zero-order valence-corrected chi connectivity index (χ0v) is 9.92. The maximum Gasteiger partial charge on any atom is 0.145 e. The van der Waals surface area contributed by atoms with E-state index in [4.69, 9.17) is 0 Å². The smallest absolute Gasteiger partial charge is 0.145 e. The van der Waals surface area contributed by atoms with Crippen molar-refractivity contribution >= 4 is 28.4 Å². The van der Waals surface area contributed by atoms with E-state index in [0.717, 1.165) is 25.7 Å². The number of halogens is 1.